The molecule has 3 N–H and O–H groups in total. The van der Waals surface area contributed by atoms with Gasteiger partial charge in [0.25, 0.3) is 5.91 Å². The summed E-state index contributed by atoms with van der Waals surface area (Å²) >= 11 is 0.879. The van der Waals surface area contributed by atoms with E-state index in [2.05, 4.69) is 4.74 Å². The maximum Gasteiger partial charge on any atom is 0.423 e. The number of amides is 1. The Balaban J connectivity index is 2.87. The van der Waals surface area contributed by atoms with Crippen molar-refractivity contribution in [1.82, 2.24) is 5.43 Å². The van der Waals surface area contributed by atoms with Gasteiger partial charge in [-0.15, -0.1) is 11.3 Å². The van der Waals surface area contributed by atoms with Crippen molar-refractivity contribution in [3.8, 4) is 0 Å². The van der Waals surface area contributed by atoms with E-state index in [0.717, 1.165) is 17.4 Å². The zero-order valence-corrected chi connectivity index (χ0v) is 11.2. The minimum atomic E-state index is -5.57. The predicted molar refractivity (Wildman–Crippen MR) is 61.4 cm³/mol. The molecule has 0 bridgehead atoms. The van der Waals surface area contributed by atoms with E-state index in [-0.39, 0.29) is 10.4 Å². The van der Waals surface area contributed by atoms with Crippen molar-refractivity contribution in [2.75, 3.05) is 0 Å². The molecule has 1 aromatic rings. The van der Waals surface area contributed by atoms with E-state index in [1.807, 2.05) is 0 Å². The summed E-state index contributed by atoms with van der Waals surface area (Å²) in [7, 11) is 0. The van der Waals surface area contributed by atoms with Crippen molar-refractivity contribution < 1.29 is 35.9 Å². The maximum atomic E-state index is 12.3. The van der Waals surface area contributed by atoms with E-state index in [1.54, 1.807) is 5.43 Å². The number of alkyl halides is 6. The van der Waals surface area contributed by atoms with Crippen LogP contribution in [0.4, 0.5) is 26.3 Å². The van der Waals surface area contributed by atoms with Crippen LogP contribution in [-0.4, -0.2) is 24.4 Å². The first-order valence-corrected chi connectivity index (χ1v) is 6.13. The molecule has 1 heterocycles. The molecule has 0 unspecified atom stereocenters. The number of nitrogen functional groups attached to an aromatic ring is 1. The molecule has 21 heavy (non-hydrogen) atoms. The number of rotatable bonds is 4. The lowest BCUT2D eigenvalue weighted by molar-refractivity contribution is -0.324. The van der Waals surface area contributed by atoms with Gasteiger partial charge < -0.3 is 4.74 Å². The zero-order valence-electron chi connectivity index (χ0n) is 10.4. The standard InChI is InChI=1S/C10H10F6N2O2S/c1-4-5(2-6(21-4)7(19)18-17)3-20-8(9(11,12)13)10(14,15)16/h2,8H,3,17H2,1H3,(H,18,19). The maximum absolute atomic E-state index is 12.3. The minimum Gasteiger partial charge on any atom is -0.356 e. The molecule has 120 valence electrons. The minimum absolute atomic E-state index is 0.0529. The van der Waals surface area contributed by atoms with Crippen LogP contribution in [0.1, 0.15) is 20.1 Å². The van der Waals surface area contributed by atoms with Gasteiger partial charge in [-0.05, 0) is 18.6 Å². The van der Waals surface area contributed by atoms with Crippen molar-refractivity contribution in [3.05, 3.63) is 21.4 Å². The molecule has 1 amide bonds. The summed E-state index contributed by atoms with van der Waals surface area (Å²) in [6.07, 6.45) is -15.0. The molecule has 1 aromatic heterocycles. The quantitative estimate of drug-likeness (QED) is 0.385. The van der Waals surface area contributed by atoms with Crippen molar-refractivity contribution in [2.24, 2.45) is 5.84 Å². The van der Waals surface area contributed by atoms with Crippen LogP contribution in [0.15, 0.2) is 6.07 Å². The number of aryl methyl sites for hydroxylation is 1. The van der Waals surface area contributed by atoms with Crippen LogP contribution in [0.5, 0.6) is 0 Å². The van der Waals surface area contributed by atoms with Crippen LogP contribution in [-0.2, 0) is 11.3 Å². The second-order valence-electron chi connectivity index (χ2n) is 3.94. The van der Waals surface area contributed by atoms with Gasteiger partial charge in [0.2, 0.25) is 6.10 Å². The molecule has 0 aliphatic rings. The molecule has 0 aliphatic carbocycles. The first kappa shape index (κ1) is 17.7. The predicted octanol–water partition coefficient (Wildman–Crippen LogP) is 2.67. The number of carbonyl (C=O) groups excluding carboxylic acids is 1. The average Bonchev–Trinajstić information content (AvgIpc) is 2.67. The van der Waals surface area contributed by atoms with Crippen LogP contribution in [0.25, 0.3) is 0 Å². The van der Waals surface area contributed by atoms with E-state index >= 15 is 0 Å². The van der Waals surface area contributed by atoms with Crippen molar-refractivity contribution in [2.45, 2.75) is 32.0 Å². The third-order valence-electron chi connectivity index (χ3n) is 2.38. The Morgan fingerprint density at radius 1 is 1.33 bits per heavy atom. The zero-order chi connectivity index (χ0) is 16.4. The van der Waals surface area contributed by atoms with Gasteiger partial charge in [-0.25, -0.2) is 5.84 Å². The van der Waals surface area contributed by atoms with E-state index in [4.69, 9.17) is 5.84 Å². The molecule has 0 saturated heterocycles. The number of hydrogen-bond donors (Lipinski definition) is 2. The van der Waals surface area contributed by atoms with E-state index < -0.39 is 31.0 Å². The molecule has 0 radical (unpaired) electrons. The van der Waals surface area contributed by atoms with Gasteiger partial charge in [-0.2, -0.15) is 26.3 Å². The lowest BCUT2D eigenvalue weighted by Crippen LogP contribution is -2.44. The monoisotopic (exact) mass is 336 g/mol. The fraction of sp³-hybridized carbons (Fsp3) is 0.500. The Morgan fingerprint density at radius 3 is 2.29 bits per heavy atom. The Bertz CT molecular complexity index is 497. The fourth-order valence-corrected chi connectivity index (χ4v) is 2.33. The first-order valence-electron chi connectivity index (χ1n) is 5.32. The molecule has 0 fully saturated rings. The van der Waals surface area contributed by atoms with Crippen LogP contribution in [0, 0.1) is 6.92 Å². The van der Waals surface area contributed by atoms with Gasteiger partial charge in [0.05, 0.1) is 11.5 Å². The summed E-state index contributed by atoms with van der Waals surface area (Å²) in [4.78, 5) is 11.6. The van der Waals surface area contributed by atoms with Crippen LogP contribution < -0.4 is 11.3 Å². The highest BCUT2D eigenvalue weighted by atomic mass is 32.1. The normalized spacial score (nSPS) is 12.8. The van der Waals surface area contributed by atoms with Crippen LogP contribution >= 0.6 is 11.3 Å². The number of nitrogens with two attached hydrogens (primary N) is 1. The van der Waals surface area contributed by atoms with Gasteiger partial charge in [-0.1, -0.05) is 0 Å². The number of hydrogen-bond acceptors (Lipinski definition) is 4. The smallest absolute Gasteiger partial charge is 0.356 e. The average molecular weight is 336 g/mol. The summed E-state index contributed by atoms with van der Waals surface area (Å²) in [5.41, 5.74) is 1.86. The number of nitrogens with one attached hydrogen (secondary N) is 1. The molecule has 0 aromatic carbocycles. The number of hydrazine groups is 1. The Morgan fingerprint density at radius 2 is 1.86 bits per heavy atom. The van der Waals surface area contributed by atoms with Gasteiger partial charge in [0.15, 0.2) is 0 Å². The molecular weight excluding hydrogens is 326 g/mol. The van der Waals surface area contributed by atoms with Gasteiger partial charge in [-0.3, -0.25) is 10.2 Å². The molecule has 0 saturated carbocycles. The van der Waals surface area contributed by atoms with Crippen LogP contribution in [0.2, 0.25) is 0 Å². The number of ether oxygens (including phenoxy) is 1. The van der Waals surface area contributed by atoms with Crippen molar-refractivity contribution in [3.63, 3.8) is 0 Å². The van der Waals surface area contributed by atoms with Gasteiger partial charge >= 0.3 is 12.4 Å². The third-order valence-corrected chi connectivity index (χ3v) is 3.47. The Hall–Kier alpha value is -1.33. The highest BCUT2D eigenvalue weighted by Gasteiger charge is 2.58. The summed E-state index contributed by atoms with van der Waals surface area (Å²) in [5, 5.41) is 0. The lowest BCUT2D eigenvalue weighted by Gasteiger charge is -2.23. The summed E-state index contributed by atoms with van der Waals surface area (Å²) in [6, 6.07) is 1.13. The van der Waals surface area contributed by atoms with Crippen LogP contribution in [0.3, 0.4) is 0 Å². The second kappa shape index (κ2) is 6.20. The fourth-order valence-electron chi connectivity index (χ4n) is 1.39. The highest BCUT2D eigenvalue weighted by Crippen LogP contribution is 2.36. The van der Waals surface area contributed by atoms with E-state index in [0.29, 0.717) is 4.88 Å². The van der Waals surface area contributed by atoms with Gasteiger partial charge in [0, 0.05) is 4.88 Å². The Labute approximate surface area is 118 Å². The molecule has 4 nitrogen and oxygen atoms in total. The van der Waals surface area contributed by atoms with Gasteiger partial charge in [0.1, 0.15) is 0 Å². The molecule has 0 aliphatic heterocycles. The summed E-state index contributed by atoms with van der Waals surface area (Å²) < 4.78 is 77.7. The van der Waals surface area contributed by atoms with E-state index in [9.17, 15) is 31.1 Å². The number of halogens is 6. The topological polar surface area (TPSA) is 64.4 Å². The van der Waals surface area contributed by atoms with E-state index in [1.165, 1.54) is 6.92 Å². The summed E-state index contributed by atoms with van der Waals surface area (Å²) in [6.45, 7) is 0.511. The van der Waals surface area contributed by atoms with Crippen molar-refractivity contribution in [1.29, 1.82) is 0 Å². The largest absolute Gasteiger partial charge is 0.423 e. The molecule has 0 spiro atoms. The highest BCUT2D eigenvalue weighted by molar-refractivity contribution is 7.14. The molecular formula is C10H10F6N2O2S. The SMILES string of the molecule is Cc1sc(C(=O)NN)cc1COC(C(F)(F)F)C(F)(F)F. The lowest BCUT2D eigenvalue weighted by atomic mass is 10.2. The number of carbonyl (C=O) groups is 1. The molecule has 0 atom stereocenters. The molecule has 1 rings (SSSR count). The Kier molecular flexibility index (Phi) is 5.23. The second-order valence-corrected chi connectivity index (χ2v) is 5.20. The third kappa shape index (κ3) is 4.58. The molecule has 11 heteroatoms. The number of thiophene rings is 1. The first-order chi connectivity index (χ1) is 9.46. The van der Waals surface area contributed by atoms with Crippen molar-refractivity contribution >= 4 is 17.2 Å². The summed E-state index contributed by atoms with van der Waals surface area (Å²) in [5.74, 6) is 4.18.